The van der Waals surface area contributed by atoms with E-state index in [9.17, 15) is 9.59 Å². The number of pyridine rings is 1. The van der Waals surface area contributed by atoms with Gasteiger partial charge in [-0.3, -0.25) is 9.59 Å². The molecule has 0 atom stereocenters. The van der Waals surface area contributed by atoms with E-state index in [0.717, 1.165) is 11.3 Å². The Hall–Kier alpha value is -3.68. The summed E-state index contributed by atoms with van der Waals surface area (Å²) in [6.07, 6.45) is 1.57. The quantitative estimate of drug-likeness (QED) is 0.585. The van der Waals surface area contributed by atoms with E-state index >= 15 is 0 Å². The number of nitrogens with one attached hydrogen (secondary N) is 1. The predicted octanol–water partition coefficient (Wildman–Crippen LogP) is 2.53. The Bertz CT molecular complexity index is 1050. The van der Waals surface area contributed by atoms with Gasteiger partial charge in [-0.15, -0.1) is 0 Å². The fourth-order valence-corrected chi connectivity index (χ4v) is 2.84. The van der Waals surface area contributed by atoms with Gasteiger partial charge in [-0.05, 0) is 56.3 Å². The van der Waals surface area contributed by atoms with Gasteiger partial charge in [-0.1, -0.05) is 0 Å². The molecule has 2 aromatic heterocycles. The maximum Gasteiger partial charge on any atom is 0.266 e. The molecule has 1 N–H and O–H groups in total. The van der Waals surface area contributed by atoms with Crippen LogP contribution in [0.2, 0.25) is 0 Å². The smallest absolute Gasteiger partial charge is 0.266 e. The number of amides is 1. The lowest BCUT2D eigenvalue weighted by Crippen LogP contribution is -2.32. The lowest BCUT2D eigenvalue weighted by Gasteiger charge is -2.11. The molecular formula is C22H24N4O4. The zero-order chi connectivity index (χ0) is 21.3. The maximum absolute atomic E-state index is 12.4. The van der Waals surface area contributed by atoms with E-state index in [1.165, 1.54) is 10.7 Å². The molecule has 3 aromatic rings. The van der Waals surface area contributed by atoms with Crippen LogP contribution in [0.1, 0.15) is 24.2 Å². The second kappa shape index (κ2) is 10.2. The predicted molar refractivity (Wildman–Crippen MR) is 113 cm³/mol. The van der Waals surface area contributed by atoms with Crippen LogP contribution in [0.5, 0.6) is 11.6 Å². The van der Waals surface area contributed by atoms with Crippen molar-refractivity contribution >= 4 is 5.91 Å². The van der Waals surface area contributed by atoms with Gasteiger partial charge in [0.15, 0.2) is 0 Å². The minimum atomic E-state index is -0.317. The van der Waals surface area contributed by atoms with Crippen LogP contribution in [0.15, 0.2) is 59.5 Å². The zero-order valence-electron chi connectivity index (χ0n) is 17.0. The number of aromatic nitrogens is 3. The number of benzene rings is 1. The summed E-state index contributed by atoms with van der Waals surface area (Å²) in [7, 11) is 0. The van der Waals surface area contributed by atoms with Gasteiger partial charge in [-0.2, -0.15) is 5.10 Å². The number of hydrogen-bond donors (Lipinski definition) is 1. The Labute approximate surface area is 174 Å². The Morgan fingerprint density at radius 3 is 2.53 bits per heavy atom. The molecule has 1 amide bonds. The van der Waals surface area contributed by atoms with Gasteiger partial charge in [0.1, 0.15) is 11.3 Å². The lowest BCUT2D eigenvalue weighted by molar-refractivity contribution is 0.0947. The molecule has 0 aliphatic heterocycles. The maximum atomic E-state index is 12.4. The molecule has 0 aliphatic rings. The molecule has 156 valence electrons. The van der Waals surface area contributed by atoms with Crippen LogP contribution in [0.4, 0.5) is 0 Å². The van der Waals surface area contributed by atoms with E-state index in [-0.39, 0.29) is 30.4 Å². The molecule has 0 saturated carbocycles. The van der Waals surface area contributed by atoms with E-state index in [0.29, 0.717) is 24.5 Å². The van der Waals surface area contributed by atoms with E-state index in [1.54, 1.807) is 24.4 Å². The fourth-order valence-electron chi connectivity index (χ4n) is 2.84. The van der Waals surface area contributed by atoms with Crippen molar-refractivity contribution in [1.29, 1.82) is 0 Å². The summed E-state index contributed by atoms with van der Waals surface area (Å²) in [6, 6.07) is 14.0. The summed E-state index contributed by atoms with van der Waals surface area (Å²) in [5.74, 6) is 0.742. The Morgan fingerprint density at radius 1 is 1.03 bits per heavy atom. The van der Waals surface area contributed by atoms with Crippen molar-refractivity contribution < 1.29 is 14.3 Å². The largest absolute Gasteiger partial charge is 0.494 e. The summed E-state index contributed by atoms with van der Waals surface area (Å²) in [4.78, 5) is 28.7. The highest BCUT2D eigenvalue weighted by Gasteiger charge is 2.13. The number of carbonyl (C=O) groups excluding carboxylic acids is 1. The third-order valence-electron chi connectivity index (χ3n) is 4.23. The second-order valence-corrected chi connectivity index (χ2v) is 6.28. The standard InChI is InChI=1S/C22H24N4O4/c1-3-29-17-9-7-16(8-10-17)19-11-12-20(27)26(25-19)15-14-23-21(28)18-6-5-13-24-22(18)30-4-2/h5-13H,3-4,14-15H2,1-2H3,(H,23,28). The molecule has 0 bridgehead atoms. The molecule has 2 heterocycles. The minimum absolute atomic E-state index is 0.235. The van der Waals surface area contributed by atoms with Crippen molar-refractivity contribution in [3.63, 3.8) is 0 Å². The average Bonchev–Trinajstić information content (AvgIpc) is 2.76. The second-order valence-electron chi connectivity index (χ2n) is 6.28. The third kappa shape index (κ3) is 5.22. The van der Waals surface area contributed by atoms with E-state index in [1.807, 2.05) is 38.1 Å². The van der Waals surface area contributed by atoms with Crippen molar-refractivity contribution in [2.24, 2.45) is 0 Å². The van der Waals surface area contributed by atoms with Crippen molar-refractivity contribution in [1.82, 2.24) is 20.1 Å². The van der Waals surface area contributed by atoms with Crippen LogP contribution < -0.4 is 20.3 Å². The molecule has 3 rings (SSSR count). The molecule has 8 heteroatoms. The summed E-state index contributed by atoms with van der Waals surface area (Å²) < 4.78 is 12.2. The highest BCUT2D eigenvalue weighted by molar-refractivity contribution is 5.96. The highest BCUT2D eigenvalue weighted by Crippen LogP contribution is 2.20. The van der Waals surface area contributed by atoms with E-state index < -0.39 is 0 Å². The number of carbonyl (C=O) groups is 1. The van der Waals surface area contributed by atoms with Gasteiger partial charge in [0.05, 0.1) is 25.5 Å². The van der Waals surface area contributed by atoms with E-state index in [4.69, 9.17) is 9.47 Å². The van der Waals surface area contributed by atoms with Crippen molar-refractivity contribution in [2.45, 2.75) is 20.4 Å². The minimum Gasteiger partial charge on any atom is -0.494 e. The number of nitrogens with zero attached hydrogens (tertiary/aromatic N) is 3. The molecule has 0 unspecified atom stereocenters. The SMILES string of the molecule is CCOc1ccc(-c2ccc(=O)n(CCNC(=O)c3cccnc3OCC)n2)cc1. The first-order valence-corrected chi connectivity index (χ1v) is 9.79. The summed E-state index contributed by atoms with van der Waals surface area (Å²) in [5.41, 5.74) is 1.64. The van der Waals surface area contributed by atoms with Crippen molar-refractivity contribution in [3.8, 4) is 22.9 Å². The average molecular weight is 408 g/mol. The molecule has 0 fully saturated rings. The van der Waals surface area contributed by atoms with Crippen LogP contribution in [-0.2, 0) is 6.54 Å². The number of rotatable bonds is 9. The van der Waals surface area contributed by atoms with Crippen LogP contribution in [0.25, 0.3) is 11.3 Å². The normalized spacial score (nSPS) is 10.5. The van der Waals surface area contributed by atoms with Gasteiger partial charge < -0.3 is 14.8 Å². The monoisotopic (exact) mass is 408 g/mol. The molecular weight excluding hydrogens is 384 g/mol. The Morgan fingerprint density at radius 2 is 1.80 bits per heavy atom. The third-order valence-corrected chi connectivity index (χ3v) is 4.23. The Balaban J connectivity index is 1.66. The Kier molecular flexibility index (Phi) is 7.15. The van der Waals surface area contributed by atoms with Crippen molar-refractivity contribution in [2.75, 3.05) is 19.8 Å². The van der Waals surface area contributed by atoms with Crippen LogP contribution in [-0.4, -0.2) is 40.4 Å². The highest BCUT2D eigenvalue weighted by atomic mass is 16.5. The first-order valence-electron chi connectivity index (χ1n) is 9.79. The van der Waals surface area contributed by atoms with Crippen molar-refractivity contribution in [3.05, 3.63) is 70.6 Å². The lowest BCUT2D eigenvalue weighted by atomic mass is 10.1. The summed E-state index contributed by atoms with van der Waals surface area (Å²) in [5, 5.41) is 7.19. The summed E-state index contributed by atoms with van der Waals surface area (Å²) in [6.45, 7) is 5.23. The van der Waals surface area contributed by atoms with Gasteiger partial charge in [-0.25, -0.2) is 9.67 Å². The first-order chi connectivity index (χ1) is 14.6. The van der Waals surface area contributed by atoms with Gasteiger partial charge in [0, 0.05) is 24.4 Å². The zero-order valence-corrected chi connectivity index (χ0v) is 17.0. The molecule has 0 radical (unpaired) electrons. The molecule has 0 saturated heterocycles. The van der Waals surface area contributed by atoms with Gasteiger partial charge in [0.2, 0.25) is 5.88 Å². The molecule has 8 nitrogen and oxygen atoms in total. The van der Waals surface area contributed by atoms with Crippen LogP contribution in [0.3, 0.4) is 0 Å². The molecule has 0 aliphatic carbocycles. The molecule has 30 heavy (non-hydrogen) atoms. The van der Waals surface area contributed by atoms with Gasteiger partial charge >= 0.3 is 0 Å². The van der Waals surface area contributed by atoms with E-state index in [2.05, 4.69) is 15.4 Å². The fraction of sp³-hybridized carbons (Fsp3) is 0.273. The van der Waals surface area contributed by atoms with Crippen LogP contribution >= 0.6 is 0 Å². The summed E-state index contributed by atoms with van der Waals surface area (Å²) >= 11 is 0. The molecule has 0 spiro atoms. The van der Waals surface area contributed by atoms with Gasteiger partial charge in [0.25, 0.3) is 11.5 Å². The number of ether oxygens (including phenoxy) is 2. The van der Waals surface area contributed by atoms with Crippen LogP contribution in [0, 0.1) is 0 Å². The molecule has 1 aromatic carbocycles. The first kappa shape index (κ1) is 21.0. The number of hydrogen-bond acceptors (Lipinski definition) is 6. The topological polar surface area (TPSA) is 95.3 Å².